The second-order valence-electron chi connectivity index (χ2n) is 9.23. The van der Waals surface area contributed by atoms with E-state index in [1.807, 2.05) is 5.31 Å². The van der Waals surface area contributed by atoms with Crippen molar-refractivity contribution < 1.29 is 4.74 Å². The first-order valence-electron chi connectivity index (χ1n) is 11.8. The highest BCUT2D eigenvalue weighted by Crippen LogP contribution is 2.65. The summed E-state index contributed by atoms with van der Waals surface area (Å²) in [6.07, 6.45) is 21.1. The van der Waals surface area contributed by atoms with Crippen LogP contribution in [-0.4, -0.2) is 18.4 Å². The summed E-state index contributed by atoms with van der Waals surface area (Å²) in [6, 6.07) is 4.73. The van der Waals surface area contributed by atoms with Crippen molar-refractivity contribution in [2.45, 2.75) is 95.8 Å². The summed E-state index contributed by atoms with van der Waals surface area (Å²) in [5.74, 6) is 1.06. The molecule has 0 aliphatic heterocycles. The van der Waals surface area contributed by atoms with Crippen molar-refractivity contribution in [2.75, 3.05) is 7.11 Å². The topological polar surface area (TPSA) is 9.23 Å². The maximum atomic E-state index is 5.60. The van der Waals surface area contributed by atoms with Crippen LogP contribution in [0, 0.1) is 13.8 Å². The minimum atomic E-state index is 0.0411. The van der Waals surface area contributed by atoms with E-state index in [1.165, 1.54) is 87.1 Å². The van der Waals surface area contributed by atoms with E-state index in [9.17, 15) is 0 Å². The standard InChI is InChI=1S/C26H38OP2/c1-19-17-21(18-20(2)26(19)27-3)28-24-15-10-16-25(24)29(22-11-6-4-7-12-22)23-13-8-5-9-14-23/h10,15,17-18,22-23,28H,4-9,11-14,16H2,1-3H3. The number of rotatable bonds is 6. The van der Waals surface area contributed by atoms with Crippen LogP contribution in [0.25, 0.3) is 0 Å². The number of benzene rings is 1. The fourth-order valence-corrected chi connectivity index (χ4v) is 11.7. The van der Waals surface area contributed by atoms with Crippen LogP contribution in [-0.2, 0) is 0 Å². The summed E-state index contributed by atoms with van der Waals surface area (Å²) >= 11 is 0. The van der Waals surface area contributed by atoms with Gasteiger partial charge in [0.25, 0.3) is 0 Å². The Bertz CT molecular complexity index is 726. The highest BCUT2D eigenvalue weighted by Gasteiger charge is 2.35. The third kappa shape index (κ3) is 4.99. The lowest BCUT2D eigenvalue weighted by molar-refractivity contribution is 0.409. The van der Waals surface area contributed by atoms with E-state index in [0.29, 0.717) is 0 Å². The van der Waals surface area contributed by atoms with E-state index in [0.717, 1.165) is 25.6 Å². The Hall–Kier alpha value is -0.640. The molecule has 1 nitrogen and oxygen atoms in total. The van der Waals surface area contributed by atoms with Gasteiger partial charge in [-0.2, -0.15) is 0 Å². The van der Waals surface area contributed by atoms with Crippen LogP contribution in [0.2, 0.25) is 0 Å². The fraction of sp³-hybridized carbons (Fsp3) is 0.615. The zero-order chi connectivity index (χ0) is 20.2. The lowest BCUT2D eigenvalue weighted by Gasteiger charge is -2.40. The average molecular weight is 429 g/mol. The van der Waals surface area contributed by atoms with Gasteiger partial charge in [-0.1, -0.05) is 67.2 Å². The molecular weight excluding hydrogens is 390 g/mol. The number of hydrogen-bond donors (Lipinski definition) is 0. The number of methoxy groups -OCH3 is 1. The van der Waals surface area contributed by atoms with Gasteiger partial charge in [-0.25, -0.2) is 0 Å². The van der Waals surface area contributed by atoms with Gasteiger partial charge in [0.2, 0.25) is 0 Å². The SMILES string of the molecule is COc1c(C)cc(PC2=C(P(C3CCCCC3)C3CCCCC3)CC=C2)cc1C. The molecule has 0 amide bonds. The number of hydrogen-bond acceptors (Lipinski definition) is 1. The molecule has 0 aromatic heterocycles. The highest BCUT2D eigenvalue weighted by molar-refractivity contribution is 7.65. The first-order valence-corrected chi connectivity index (χ1v) is 14.3. The third-order valence-corrected chi connectivity index (χ3v) is 12.3. The minimum absolute atomic E-state index is 0.0411. The lowest BCUT2D eigenvalue weighted by atomic mass is 9.99. The summed E-state index contributed by atoms with van der Waals surface area (Å²) in [5, 5.41) is 5.07. The molecule has 0 radical (unpaired) electrons. The summed E-state index contributed by atoms with van der Waals surface area (Å²) in [5.41, 5.74) is 4.58. The molecule has 2 fully saturated rings. The highest BCUT2D eigenvalue weighted by atomic mass is 31.1. The van der Waals surface area contributed by atoms with Crippen molar-refractivity contribution in [1.29, 1.82) is 0 Å². The van der Waals surface area contributed by atoms with Gasteiger partial charge in [-0.15, -0.1) is 0 Å². The Balaban J connectivity index is 1.63. The van der Waals surface area contributed by atoms with E-state index in [2.05, 4.69) is 38.1 Å². The van der Waals surface area contributed by atoms with Crippen LogP contribution in [0.5, 0.6) is 5.75 Å². The molecule has 0 spiro atoms. The zero-order valence-electron chi connectivity index (χ0n) is 18.6. The van der Waals surface area contributed by atoms with E-state index in [4.69, 9.17) is 4.74 Å². The molecule has 0 bridgehead atoms. The smallest absolute Gasteiger partial charge is 0.124 e. The van der Waals surface area contributed by atoms with Crippen molar-refractivity contribution in [1.82, 2.24) is 0 Å². The van der Waals surface area contributed by atoms with Crippen LogP contribution in [0.4, 0.5) is 0 Å². The maximum absolute atomic E-state index is 5.60. The fourth-order valence-electron chi connectivity index (χ4n) is 5.81. The summed E-state index contributed by atoms with van der Waals surface area (Å²) in [7, 11) is 2.64. The number of aryl methyl sites for hydroxylation is 2. The first kappa shape index (κ1) is 21.6. The molecule has 4 rings (SSSR count). The Labute approximate surface area is 181 Å². The molecule has 1 aromatic rings. The normalized spacial score (nSPS) is 21.8. The van der Waals surface area contributed by atoms with Gasteiger partial charge in [0, 0.05) is 0 Å². The van der Waals surface area contributed by atoms with E-state index in [-0.39, 0.29) is 7.92 Å². The predicted octanol–water partition coefficient (Wildman–Crippen LogP) is 7.93. The van der Waals surface area contributed by atoms with Crippen LogP contribution in [0.1, 0.15) is 81.8 Å². The van der Waals surface area contributed by atoms with Crippen LogP contribution < -0.4 is 10.0 Å². The van der Waals surface area contributed by atoms with Gasteiger partial charge >= 0.3 is 0 Å². The van der Waals surface area contributed by atoms with Crippen molar-refractivity contribution >= 4 is 21.8 Å². The maximum Gasteiger partial charge on any atom is 0.124 e. The molecule has 29 heavy (non-hydrogen) atoms. The molecule has 3 heteroatoms. The summed E-state index contributed by atoms with van der Waals surface area (Å²) < 4.78 is 5.60. The van der Waals surface area contributed by atoms with Gasteiger partial charge < -0.3 is 4.74 Å². The third-order valence-electron chi connectivity index (χ3n) is 7.10. The Morgan fingerprint density at radius 2 is 1.41 bits per heavy atom. The van der Waals surface area contributed by atoms with Crippen molar-refractivity contribution in [3.8, 4) is 5.75 Å². The molecule has 1 unspecified atom stereocenters. The second-order valence-corrected chi connectivity index (χ2v) is 13.4. The summed E-state index contributed by atoms with van der Waals surface area (Å²) in [4.78, 5) is 0. The molecule has 3 aliphatic carbocycles. The monoisotopic (exact) mass is 428 g/mol. The Morgan fingerprint density at radius 1 is 0.862 bits per heavy atom. The lowest BCUT2D eigenvalue weighted by Crippen LogP contribution is -2.21. The minimum Gasteiger partial charge on any atom is -0.496 e. The molecule has 158 valence electrons. The van der Waals surface area contributed by atoms with Crippen LogP contribution in [0.3, 0.4) is 0 Å². The first-order chi connectivity index (χ1) is 14.2. The molecule has 1 aromatic carbocycles. The molecule has 0 heterocycles. The quantitative estimate of drug-likeness (QED) is 0.418. The Morgan fingerprint density at radius 3 is 1.93 bits per heavy atom. The van der Waals surface area contributed by atoms with E-state index in [1.54, 1.807) is 12.4 Å². The average Bonchev–Trinajstić information content (AvgIpc) is 3.17. The van der Waals surface area contributed by atoms with Crippen LogP contribution >= 0.6 is 16.5 Å². The Kier molecular flexibility index (Phi) is 7.53. The largest absolute Gasteiger partial charge is 0.496 e. The molecule has 2 saturated carbocycles. The second kappa shape index (κ2) is 10.1. The molecule has 0 saturated heterocycles. The van der Waals surface area contributed by atoms with E-state index >= 15 is 0 Å². The molecule has 1 atom stereocenters. The zero-order valence-corrected chi connectivity index (χ0v) is 20.5. The molecular formula is C26H38OP2. The van der Waals surface area contributed by atoms with Crippen molar-refractivity contribution in [3.63, 3.8) is 0 Å². The number of allylic oxidation sites excluding steroid dienone is 4. The van der Waals surface area contributed by atoms with Gasteiger partial charge in [0.15, 0.2) is 0 Å². The van der Waals surface area contributed by atoms with Gasteiger partial charge in [-0.3, -0.25) is 0 Å². The predicted molar refractivity (Wildman–Crippen MR) is 132 cm³/mol. The molecule has 0 N–H and O–H groups in total. The van der Waals surface area contributed by atoms with Crippen molar-refractivity contribution in [2.24, 2.45) is 0 Å². The van der Waals surface area contributed by atoms with Crippen LogP contribution in [0.15, 0.2) is 34.9 Å². The molecule has 3 aliphatic rings. The van der Waals surface area contributed by atoms with Gasteiger partial charge in [0.05, 0.1) is 7.11 Å². The van der Waals surface area contributed by atoms with E-state index < -0.39 is 0 Å². The van der Waals surface area contributed by atoms with Crippen molar-refractivity contribution in [3.05, 3.63) is 46.0 Å². The van der Waals surface area contributed by atoms with Gasteiger partial charge in [0.1, 0.15) is 5.75 Å². The summed E-state index contributed by atoms with van der Waals surface area (Å²) in [6.45, 7) is 4.38. The number of ether oxygens (including phenoxy) is 1. The van der Waals surface area contributed by atoms with Gasteiger partial charge in [-0.05, 0) is 96.5 Å².